The van der Waals surface area contributed by atoms with Crippen LogP contribution < -0.4 is 0 Å². The van der Waals surface area contributed by atoms with Crippen LogP contribution in [0.25, 0.3) is 0 Å². The zero-order chi connectivity index (χ0) is 10.9. The summed E-state index contributed by atoms with van der Waals surface area (Å²) in [6.45, 7) is 5.58. The van der Waals surface area contributed by atoms with Gasteiger partial charge in [-0.15, -0.1) is 0 Å². The van der Waals surface area contributed by atoms with Crippen LogP contribution in [0.2, 0.25) is 5.02 Å². The first-order valence-electron chi connectivity index (χ1n) is 4.52. The van der Waals surface area contributed by atoms with Crippen molar-refractivity contribution in [3.63, 3.8) is 0 Å². The number of carbonyl (C=O) groups is 1. The highest BCUT2D eigenvalue weighted by atomic mass is 35.5. The van der Waals surface area contributed by atoms with Crippen molar-refractivity contribution in [2.45, 2.75) is 32.6 Å². The summed E-state index contributed by atoms with van der Waals surface area (Å²) < 4.78 is 1.73. The number of rotatable bonds is 3. The number of carbonyl (C=O) groups excluding carboxylic acids is 1. The van der Waals surface area contributed by atoms with Crippen LogP contribution in [-0.4, -0.2) is 15.6 Å². The maximum Gasteiger partial charge on any atom is 0.130 e. The lowest BCUT2D eigenvalue weighted by Gasteiger charge is -2.23. The summed E-state index contributed by atoms with van der Waals surface area (Å²) in [5.41, 5.74) is 0.656. The van der Waals surface area contributed by atoms with E-state index in [4.69, 9.17) is 11.6 Å². The maximum atomic E-state index is 11.1. The summed E-state index contributed by atoms with van der Waals surface area (Å²) >= 11 is 6.02. The van der Waals surface area contributed by atoms with Crippen LogP contribution in [0, 0.1) is 0 Å². The SMILES string of the molecule is CC(=O)CC(C)(C)c1c(Cl)cnn1C. The third-order valence-electron chi connectivity index (χ3n) is 2.23. The fourth-order valence-electron chi connectivity index (χ4n) is 1.88. The Morgan fingerprint density at radius 3 is 2.57 bits per heavy atom. The van der Waals surface area contributed by atoms with Gasteiger partial charge in [-0.1, -0.05) is 25.4 Å². The van der Waals surface area contributed by atoms with E-state index in [1.165, 1.54) is 0 Å². The molecule has 1 rings (SSSR count). The molecule has 0 spiro atoms. The summed E-state index contributed by atoms with van der Waals surface area (Å²) in [5, 5.41) is 4.69. The lowest BCUT2D eigenvalue weighted by molar-refractivity contribution is -0.118. The van der Waals surface area contributed by atoms with Crippen molar-refractivity contribution >= 4 is 17.4 Å². The fraction of sp³-hybridized carbons (Fsp3) is 0.600. The molecule has 0 aromatic carbocycles. The van der Waals surface area contributed by atoms with Crippen LogP contribution in [0.4, 0.5) is 0 Å². The third kappa shape index (κ3) is 2.15. The first kappa shape index (κ1) is 11.2. The topological polar surface area (TPSA) is 34.9 Å². The number of hydrogen-bond donors (Lipinski definition) is 0. The van der Waals surface area contributed by atoms with Crippen molar-refractivity contribution < 1.29 is 4.79 Å². The Morgan fingerprint density at radius 1 is 1.64 bits per heavy atom. The second-order valence-corrected chi connectivity index (χ2v) is 4.63. The Bertz CT molecular complexity index is 336. The second kappa shape index (κ2) is 3.73. The molecule has 1 aromatic rings. The van der Waals surface area contributed by atoms with Gasteiger partial charge in [0.1, 0.15) is 5.78 Å². The maximum absolute atomic E-state index is 11.1. The Labute approximate surface area is 89.1 Å². The molecule has 0 aliphatic rings. The average Bonchev–Trinajstić information content (AvgIpc) is 2.27. The summed E-state index contributed by atoms with van der Waals surface area (Å²) in [6.07, 6.45) is 2.09. The third-order valence-corrected chi connectivity index (χ3v) is 2.50. The normalized spacial score (nSPS) is 11.8. The molecule has 0 atom stereocenters. The Kier molecular flexibility index (Phi) is 3.00. The van der Waals surface area contributed by atoms with Crippen LogP contribution in [-0.2, 0) is 17.3 Å². The smallest absolute Gasteiger partial charge is 0.130 e. The number of halogens is 1. The quantitative estimate of drug-likeness (QED) is 0.774. The molecule has 0 aliphatic carbocycles. The second-order valence-electron chi connectivity index (χ2n) is 4.23. The number of Topliss-reactive ketones (excluding diaryl/α,β-unsaturated/α-hetero) is 1. The van der Waals surface area contributed by atoms with Gasteiger partial charge < -0.3 is 0 Å². The first-order chi connectivity index (χ1) is 6.34. The molecule has 0 radical (unpaired) electrons. The highest BCUT2D eigenvalue weighted by Gasteiger charge is 2.28. The molecule has 0 amide bonds. The van der Waals surface area contributed by atoms with Crippen LogP contribution >= 0.6 is 11.6 Å². The molecule has 0 unspecified atom stereocenters. The molecule has 0 fully saturated rings. The van der Waals surface area contributed by atoms with Crippen molar-refractivity contribution in [3.8, 4) is 0 Å². The van der Waals surface area contributed by atoms with Gasteiger partial charge in [-0.25, -0.2) is 0 Å². The van der Waals surface area contributed by atoms with E-state index in [2.05, 4.69) is 5.10 Å². The van der Waals surface area contributed by atoms with Crippen molar-refractivity contribution in [3.05, 3.63) is 16.9 Å². The van der Waals surface area contributed by atoms with Gasteiger partial charge in [-0.2, -0.15) is 5.10 Å². The van der Waals surface area contributed by atoms with Crippen LogP contribution in [0.5, 0.6) is 0 Å². The van der Waals surface area contributed by atoms with Gasteiger partial charge in [0.05, 0.1) is 16.9 Å². The molecule has 4 heteroatoms. The number of aryl methyl sites for hydroxylation is 1. The van der Waals surface area contributed by atoms with Gasteiger partial charge >= 0.3 is 0 Å². The van der Waals surface area contributed by atoms with Crippen LogP contribution in [0.15, 0.2) is 6.20 Å². The number of hydrogen-bond acceptors (Lipinski definition) is 2. The Balaban J connectivity index is 3.08. The van der Waals surface area contributed by atoms with E-state index in [1.807, 2.05) is 20.9 Å². The van der Waals surface area contributed by atoms with Crippen LogP contribution in [0.3, 0.4) is 0 Å². The minimum atomic E-state index is -0.256. The number of ketones is 1. The molecule has 0 saturated carbocycles. The van der Waals surface area contributed by atoms with Crippen molar-refractivity contribution in [2.75, 3.05) is 0 Å². The number of aromatic nitrogens is 2. The lowest BCUT2D eigenvalue weighted by atomic mass is 9.84. The molecule has 3 nitrogen and oxygen atoms in total. The summed E-state index contributed by atoms with van der Waals surface area (Å²) in [4.78, 5) is 11.1. The molecule has 0 N–H and O–H groups in total. The van der Waals surface area contributed by atoms with E-state index in [0.29, 0.717) is 11.4 Å². The first-order valence-corrected chi connectivity index (χ1v) is 4.90. The van der Waals surface area contributed by atoms with E-state index in [1.54, 1.807) is 17.8 Å². The fourth-order valence-corrected chi connectivity index (χ4v) is 2.30. The zero-order valence-electron chi connectivity index (χ0n) is 8.97. The van der Waals surface area contributed by atoms with Gasteiger partial charge in [-0.3, -0.25) is 9.48 Å². The van der Waals surface area contributed by atoms with Crippen molar-refractivity contribution in [1.29, 1.82) is 0 Å². The highest BCUT2D eigenvalue weighted by molar-refractivity contribution is 6.31. The minimum absolute atomic E-state index is 0.160. The minimum Gasteiger partial charge on any atom is -0.300 e. The van der Waals surface area contributed by atoms with E-state index in [-0.39, 0.29) is 11.2 Å². The van der Waals surface area contributed by atoms with E-state index in [0.717, 1.165) is 5.69 Å². The molecular weight excluding hydrogens is 200 g/mol. The molecule has 1 aromatic heterocycles. The Morgan fingerprint density at radius 2 is 2.21 bits per heavy atom. The van der Waals surface area contributed by atoms with Gasteiger partial charge in [0.25, 0.3) is 0 Å². The molecule has 14 heavy (non-hydrogen) atoms. The van der Waals surface area contributed by atoms with E-state index >= 15 is 0 Å². The van der Waals surface area contributed by atoms with Crippen molar-refractivity contribution in [2.24, 2.45) is 7.05 Å². The summed E-state index contributed by atoms with van der Waals surface area (Å²) in [5.74, 6) is 0.160. The lowest BCUT2D eigenvalue weighted by Crippen LogP contribution is -2.24. The monoisotopic (exact) mass is 214 g/mol. The van der Waals surface area contributed by atoms with E-state index in [9.17, 15) is 4.79 Å². The molecule has 78 valence electrons. The molecular formula is C10H15ClN2O. The standard InChI is InChI=1S/C10H15ClN2O/c1-7(14)5-10(2,3)9-8(11)6-12-13(9)4/h6H,5H2,1-4H3. The largest absolute Gasteiger partial charge is 0.300 e. The summed E-state index contributed by atoms with van der Waals surface area (Å²) in [7, 11) is 1.84. The van der Waals surface area contributed by atoms with Gasteiger partial charge in [-0.05, 0) is 6.92 Å². The summed E-state index contributed by atoms with van der Waals surface area (Å²) in [6, 6.07) is 0. The average molecular weight is 215 g/mol. The van der Waals surface area contributed by atoms with E-state index < -0.39 is 0 Å². The van der Waals surface area contributed by atoms with Crippen molar-refractivity contribution in [1.82, 2.24) is 9.78 Å². The van der Waals surface area contributed by atoms with Gasteiger partial charge in [0.15, 0.2) is 0 Å². The molecule has 0 saturated heterocycles. The predicted octanol–water partition coefficient (Wildman–Crippen LogP) is 2.33. The molecule has 0 aliphatic heterocycles. The Hall–Kier alpha value is -0.830. The predicted molar refractivity (Wildman–Crippen MR) is 56.5 cm³/mol. The highest BCUT2D eigenvalue weighted by Crippen LogP contribution is 2.32. The van der Waals surface area contributed by atoms with Crippen LogP contribution in [0.1, 0.15) is 32.9 Å². The number of nitrogens with zero attached hydrogens (tertiary/aromatic N) is 2. The molecule has 0 bridgehead atoms. The molecule has 1 heterocycles. The van der Waals surface area contributed by atoms with Gasteiger partial charge in [0.2, 0.25) is 0 Å². The van der Waals surface area contributed by atoms with Gasteiger partial charge in [0, 0.05) is 18.9 Å². The zero-order valence-corrected chi connectivity index (χ0v) is 9.72.